The molecule has 0 fully saturated rings. The Morgan fingerprint density at radius 1 is 1.14 bits per heavy atom. The Balaban J connectivity index is 1.74. The molecular formula is C16H18N2O3. The van der Waals surface area contributed by atoms with Gasteiger partial charge in [0.2, 0.25) is 11.8 Å². The number of carbonyl (C=O) groups excluding carboxylic acids is 2. The third-order valence-corrected chi connectivity index (χ3v) is 2.94. The predicted molar refractivity (Wildman–Crippen MR) is 79.6 cm³/mol. The van der Waals surface area contributed by atoms with Crippen LogP contribution in [0.1, 0.15) is 24.7 Å². The van der Waals surface area contributed by atoms with Gasteiger partial charge in [0.25, 0.3) is 0 Å². The largest absolute Gasteiger partial charge is 0.469 e. The van der Waals surface area contributed by atoms with Gasteiger partial charge < -0.3 is 15.1 Å². The Hall–Kier alpha value is -2.56. The zero-order valence-electron chi connectivity index (χ0n) is 11.9. The van der Waals surface area contributed by atoms with E-state index >= 15 is 0 Å². The third-order valence-electron chi connectivity index (χ3n) is 2.94. The molecule has 5 heteroatoms. The molecule has 2 aromatic rings. The van der Waals surface area contributed by atoms with Gasteiger partial charge in [-0.15, -0.1) is 0 Å². The van der Waals surface area contributed by atoms with Crippen LogP contribution in [-0.2, 0) is 22.6 Å². The van der Waals surface area contributed by atoms with E-state index in [0.717, 1.165) is 17.0 Å². The maximum atomic E-state index is 11.7. The van der Waals surface area contributed by atoms with Gasteiger partial charge in [0.15, 0.2) is 0 Å². The zero-order chi connectivity index (χ0) is 15.1. The number of furan rings is 1. The SMILES string of the molecule is CC(=O)Nc1ccc(CNC(=O)CCc2ccco2)cc1. The highest BCUT2D eigenvalue weighted by atomic mass is 16.3. The maximum Gasteiger partial charge on any atom is 0.221 e. The lowest BCUT2D eigenvalue weighted by Crippen LogP contribution is -2.22. The molecule has 0 aliphatic rings. The van der Waals surface area contributed by atoms with Gasteiger partial charge in [-0.05, 0) is 29.8 Å². The minimum absolute atomic E-state index is 0.0164. The summed E-state index contributed by atoms with van der Waals surface area (Å²) in [6.07, 6.45) is 2.60. The second-order valence-electron chi connectivity index (χ2n) is 4.73. The second kappa shape index (κ2) is 7.28. The highest BCUT2D eigenvalue weighted by Crippen LogP contribution is 2.09. The topological polar surface area (TPSA) is 71.3 Å². The van der Waals surface area contributed by atoms with Crippen molar-refractivity contribution in [3.63, 3.8) is 0 Å². The van der Waals surface area contributed by atoms with E-state index < -0.39 is 0 Å². The molecular weight excluding hydrogens is 268 g/mol. The Bertz CT molecular complexity index is 588. The molecule has 2 rings (SSSR count). The fourth-order valence-electron chi connectivity index (χ4n) is 1.89. The molecule has 1 heterocycles. The molecule has 0 saturated heterocycles. The summed E-state index contributed by atoms with van der Waals surface area (Å²) in [6.45, 7) is 1.94. The van der Waals surface area contributed by atoms with Crippen molar-refractivity contribution in [1.29, 1.82) is 0 Å². The Morgan fingerprint density at radius 3 is 2.52 bits per heavy atom. The van der Waals surface area contributed by atoms with Gasteiger partial charge in [-0.2, -0.15) is 0 Å². The first-order valence-electron chi connectivity index (χ1n) is 6.79. The van der Waals surface area contributed by atoms with Crippen LogP contribution in [0.5, 0.6) is 0 Å². The van der Waals surface area contributed by atoms with E-state index in [0.29, 0.717) is 19.4 Å². The molecule has 0 atom stereocenters. The van der Waals surface area contributed by atoms with Crippen molar-refractivity contribution < 1.29 is 14.0 Å². The summed E-state index contributed by atoms with van der Waals surface area (Å²) in [6, 6.07) is 11.0. The summed E-state index contributed by atoms with van der Waals surface area (Å²) < 4.78 is 5.18. The quantitative estimate of drug-likeness (QED) is 0.857. The minimum Gasteiger partial charge on any atom is -0.469 e. The summed E-state index contributed by atoms with van der Waals surface area (Å²) >= 11 is 0. The highest BCUT2D eigenvalue weighted by molar-refractivity contribution is 5.88. The first-order chi connectivity index (χ1) is 10.1. The van der Waals surface area contributed by atoms with Gasteiger partial charge in [0.1, 0.15) is 5.76 Å². The van der Waals surface area contributed by atoms with Crippen LogP contribution in [0.4, 0.5) is 5.69 Å². The number of aryl methyl sites for hydroxylation is 1. The van der Waals surface area contributed by atoms with E-state index in [9.17, 15) is 9.59 Å². The average molecular weight is 286 g/mol. The molecule has 1 aromatic heterocycles. The van der Waals surface area contributed by atoms with Gasteiger partial charge in [-0.3, -0.25) is 9.59 Å². The van der Waals surface area contributed by atoms with Gasteiger partial charge in [-0.25, -0.2) is 0 Å². The predicted octanol–water partition coefficient (Wildman–Crippen LogP) is 2.49. The van der Waals surface area contributed by atoms with Crippen molar-refractivity contribution in [3.05, 3.63) is 54.0 Å². The summed E-state index contributed by atoms with van der Waals surface area (Å²) in [5.74, 6) is 0.691. The van der Waals surface area contributed by atoms with Gasteiger partial charge >= 0.3 is 0 Å². The third kappa shape index (κ3) is 5.14. The van der Waals surface area contributed by atoms with Crippen LogP contribution in [0, 0.1) is 0 Å². The van der Waals surface area contributed by atoms with E-state index in [4.69, 9.17) is 4.42 Å². The Morgan fingerprint density at radius 2 is 1.90 bits per heavy atom. The first kappa shape index (κ1) is 14.8. The number of anilines is 1. The van der Waals surface area contributed by atoms with Crippen molar-refractivity contribution in [3.8, 4) is 0 Å². The van der Waals surface area contributed by atoms with Crippen LogP contribution >= 0.6 is 0 Å². The number of hydrogen-bond acceptors (Lipinski definition) is 3. The second-order valence-corrected chi connectivity index (χ2v) is 4.73. The molecule has 0 unspecified atom stereocenters. The lowest BCUT2D eigenvalue weighted by atomic mass is 10.2. The number of benzene rings is 1. The van der Waals surface area contributed by atoms with Crippen LogP contribution in [0.15, 0.2) is 47.1 Å². The lowest BCUT2D eigenvalue weighted by Gasteiger charge is -2.06. The molecule has 1 aromatic carbocycles. The standard InChI is InChI=1S/C16H18N2O3/c1-12(19)18-14-6-4-13(5-7-14)11-17-16(20)9-8-15-3-2-10-21-15/h2-7,10H,8-9,11H2,1H3,(H,17,20)(H,18,19). The minimum atomic E-state index is -0.103. The monoisotopic (exact) mass is 286 g/mol. The van der Waals surface area contributed by atoms with Crippen LogP contribution in [0.25, 0.3) is 0 Å². The van der Waals surface area contributed by atoms with Crippen molar-refractivity contribution >= 4 is 17.5 Å². The summed E-state index contributed by atoms with van der Waals surface area (Å²) in [5.41, 5.74) is 1.73. The zero-order valence-corrected chi connectivity index (χ0v) is 11.9. The van der Waals surface area contributed by atoms with Crippen LogP contribution < -0.4 is 10.6 Å². The molecule has 21 heavy (non-hydrogen) atoms. The summed E-state index contributed by atoms with van der Waals surface area (Å²) in [4.78, 5) is 22.6. The van der Waals surface area contributed by atoms with Crippen LogP contribution in [-0.4, -0.2) is 11.8 Å². The fourth-order valence-corrected chi connectivity index (χ4v) is 1.89. The summed E-state index contributed by atoms with van der Waals surface area (Å²) in [5, 5.41) is 5.55. The molecule has 2 N–H and O–H groups in total. The van der Waals surface area contributed by atoms with Crippen LogP contribution in [0.3, 0.4) is 0 Å². The first-order valence-corrected chi connectivity index (χ1v) is 6.79. The maximum absolute atomic E-state index is 11.7. The van der Waals surface area contributed by atoms with Crippen molar-refractivity contribution in [2.24, 2.45) is 0 Å². The van der Waals surface area contributed by atoms with E-state index in [1.165, 1.54) is 6.92 Å². The van der Waals surface area contributed by atoms with E-state index in [1.54, 1.807) is 6.26 Å². The number of nitrogens with one attached hydrogen (secondary N) is 2. The molecule has 0 aliphatic heterocycles. The summed E-state index contributed by atoms with van der Waals surface area (Å²) in [7, 11) is 0. The number of rotatable bonds is 6. The van der Waals surface area contributed by atoms with Gasteiger partial charge in [-0.1, -0.05) is 12.1 Å². The van der Waals surface area contributed by atoms with Crippen molar-refractivity contribution in [2.45, 2.75) is 26.3 Å². The molecule has 0 saturated carbocycles. The molecule has 2 amide bonds. The number of carbonyl (C=O) groups is 2. The van der Waals surface area contributed by atoms with Gasteiger partial charge in [0, 0.05) is 32.0 Å². The van der Waals surface area contributed by atoms with Crippen molar-refractivity contribution in [2.75, 3.05) is 5.32 Å². The smallest absolute Gasteiger partial charge is 0.221 e. The van der Waals surface area contributed by atoms with Crippen LogP contribution in [0.2, 0.25) is 0 Å². The van der Waals surface area contributed by atoms with E-state index in [-0.39, 0.29) is 11.8 Å². The number of hydrogen-bond donors (Lipinski definition) is 2. The Labute approximate surface area is 123 Å². The normalized spacial score (nSPS) is 10.1. The molecule has 5 nitrogen and oxygen atoms in total. The molecule has 0 spiro atoms. The van der Waals surface area contributed by atoms with Crippen molar-refractivity contribution in [1.82, 2.24) is 5.32 Å². The van der Waals surface area contributed by atoms with Gasteiger partial charge in [0.05, 0.1) is 6.26 Å². The lowest BCUT2D eigenvalue weighted by molar-refractivity contribution is -0.121. The molecule has 110 valence electrons. The highest BCUT2D eigenvalue weighted by Gasteiger charge is 2.04. The van der Waals surface area contributed by atoms with E-state index in [2.05, 4.69) is 10.6 Å². The number of amides is 2. The fraction of sp³-hybridized carbons (Fsp3) is 0.250. The molecule has 0 bridgehead atoms. The molecule has 0 aliphatic carbocycles. The molecule has 0 radical (unpaired) electrons. The average Bonchev–Trinajstić information content (AvgIpc) is 2.97. The Kier molecular flexibility index (Phi) is 5.15. The van der Waals surface area contributed by atoms with E-state index in [1.807, 2.05) is 36.4 Å².